The molecule has 2 rings (SSSR count). The molecule has 9 nitrogen and oxygen atoms in total. The van der Waals surface area contributed by atoms with Crippen molar-refractivity contribution >= 4 is 35.2 Å². The third kappa shape index (κ3) is 5.41. The average Bonchev–Trinajstić information content (AvgIpc) is 2.60. The molecule has 0 atom stereocenters. The Morgan fingerprint density at radius 3 is 2.27 bits per heavy atom. The molecule has 1 aromatic heterocycles. The number of aliphatic carboxylic acids is 1. The van der Waals surface area contributed by atoms with Crippen molar-refractivity contribution in [1.82, 2.24) is 10.3 Å². The van der Waals surface area contributed by atoms with Crippen molar-refractivity contribution in [2.24, 2.45) is 0 Å². The summed E-state index contributed by atoms with van der Waals surface area (Å²) in [5, 5.41) is 15.9. The predicted molar refractivity (Wildman–Crippen MR) is 92.9 cm³/mol. The van der Waals surface area contributed by atoms with Crippen LogP contribution < -0.4 is 16.0 Å². The lowest BCUT2D eigenvalue weighted by atomic mass is 10.2. The summed E-state index contributed by atoms with van der Waals surface area (Å²) in [6.07, 6.45) is 1.40. The molecule has 0 bridgehead atoms. The van der Waals surface area contributed by atoms with E-state index in [1.165, 1.54) is 49.5 Å². The number of carbonyl (C=O) groups is 4. The molecule has 1 heterocycles. The fourth-order valence-corrected chi connectivity index (χ4v) is 1.99. The van der Waals surface area contributed by atoms with Gasteiger partial charge in [-0.05, 0) is 36.4 Å². The number of nitrogens with one attached hydrogen (secondary N) is 3. The van der Waals surface area contributed by atoms with E-state index in [1.54, 1.807) is 0 Å². The quantitative estimate of drug-likeness (QED) is 0.612. The van der Waals surface area contributed by atoms with Crippen molar-refractivity contribution < 1.29 is 24.3 Å². The van der Waals surface area contributed by atoms with Crippen LogP contribution in [0.5, 0.6) is 0 Å². The van der Waals surface area contributed by atoms with Gasteiger partial charge in [0, 0.05) is 29.9 Å². The first-order chi connectivity index (χ1) is 12.3. The molecule has 0 aliphatic carbocycles. The summed E-state index contributed by atoms with van der Waals surface area (Å²) in [6, 6.07) is 8.88. The monoisotopic (exact) mass is 356 g/mol. The molecule has 0 unspecified atom stereocenters. The number of benzene rings is 1. The second kappa shape index (κ2) is 8.38. The summed E-state index contributed by atoms with van der Waals surface area (Å²) in [5.41, 5.74) is 1.01. The van der Waals surface area contributed by atoms with Crippen LogP contribution in [0.25, 0.3) is 0 Å². The first-order valence-corrected chi connectivity index (χ1v) is 7.50. The molecule has 0 fully saturated rings. The lowest BCUT2D eigenvalue weighted by molar-refractivity contribution is -0.135. The van der Waals surface area contributed by atoms with Gasteiger partial charge in [0.1, 0.15) is 12.4 Å². The van der Waals surface area contributed by atoms with E-state index in [-0.39, 0.29) is 17.3 Å². The number of hydrogen-bond donors (Lipinski definition) is 4. The Hall–Kier alpha value is -3.75. The van der Waals surface area contributed by atoms with Gasteiger partial charge < -0.3 is 21.1 Å². The maximum Gasteiger partial charge on any atom is 0.322 e. The maximum absolute atomic E-state index is 12.3. The van der Waals surface area contributed by atoms with Crippen molar-refractivity contribution in [3.8, 4) is 0 Å². The van der Waals surface area contributed by atoms with Crippen LogP contribution in [-0.4, -0.2) is 40.3 Å². The zero-order valence-electron chi connectivity index (χ0n) is 13.8. The van der Waals surface area contributed by atoms with Crippen LogP contribution >= 0.6 is 0 Å². The number of hydrogen-bond acceptors (Lipinski definition) is 5. The highest BCUT2D eigenvalue weighted by molar-refractivity contribution is 6.05. The summed E-state index contributed by atoms with van der Waals surface area (Å²) in [5.74, 6) is -2.12. The molecule has 26 heavy (non-hydrogen) atoms. The largest absolute Gasteiger partial charge is 0.480 e. The minimum atomic E-state index is -1.14. The number of rotatable bonds is 6. The Kier molecular flexibility index (Phi) is 5.99. The SMILES string of the molecule is CC(=O)Nc1cc(C(=O)Nc2ccc(C(=O)NCC(=O)O)cc2)ccn1. The van der Waals surface area contributed by atoms with Gasteiger partial charge in [0.25, 0.3) is 11.8 Å². The lowest BCUT2D eigenvalue weighted by Crippen LogP contribution is -2.29. The van der Waals surface area contributed by atoms with Crippen molar-refractivity contribution in [3.63, 3.8) is 0 Å². The Morgan fingerprint density at radius 2 is 1.65 bits per heavy atom. The number of carbonyl (C=O) groups excluding carboxylic acids is 3. The van der Waals surface area contributed by atoms with Crippen LogP contribution in [-0.2, 0) is 9.59 Å². The summed E-state index contributed by atoms with van der Waals surface area (Å²) < 4.78 is 0. The van der Waals surface area contributed by atoms with Crippen molar-refractivity contribution in [3.05, 3.63) is 53.7 Å². The first-order valence-electron chi connectivity index (χ1n) is 7.50. The number of carboxylic acids is 1. The molecule has 0 radical (unpaired) electrons. The van der Waals surface area contributed by atoms with Crippen molar-refractivity contribution in [2.75, 3.05) is 17.2 Å². The summed E-state index contributed by atoms with van der Waals surface area (Å²) in [6.45, 7) is 0.860. The van der Waals surface area contributed by atoms with E-state index in [0.717, 1.165) is 0 Å². The highest BCUT2D eigenvalue weighted by atomic mass is 16.4. The van der Waals surface area contributed by atoms with Crippen molar-refractivity contribution in [1.29, 1.82) is 0 Å². The Morgan fingerprint density at radius 1 is 0.962 bits per heavy atom. The molecule has 1 aromatic carbocycles. The smallest absolute Gasteiger partial charge is 0.322 e. The Bertz CT molecular complexity index is 848. The van der Waals surface area contributed by atoms with Crippen LogP contribution in [0.2, 0.25) is 0 Å². The van der Waals surface area contributed by atoms with Gasteiger partial charge in [0.05, 0.1) is 0 Å². The zero-order valence-corrected chi connectivity index (χ0v) is 13.8. The number of nitrogens with zero attached hydrogens (tertiary/aromatic N) is 1. The minimum Gasteiger partial charge on any atom is -0.480 e. The van der Waals surface area contributed by atoms with Crippen LogP contribution in [0.15, 0.2) is 42.6 Å². The van der Waals surface area contributed by atoms with E-state index < -0.39 is 24.3 Å². The topological polar surface area (TPSA) is 137 Å². The van der Waals surface area contributed by atoms with E-state index in [4.69, 9.17) is 5.11 Å². The fraction of sp³-hybridized carbons (Fsp3) is 0.118. The number of carboxylic acid groups (broad SMARTS) is 1. The second-order valence-electron chi connectivity index (χ2n) is 5.22. The normalized spacial score (nSPS) is 9.88. The molecular weight excluding hydrogens is 340 g/mol. The minimum absolute atomic E-state index is 0.260. The van der Waals surface area contributed by atoms with Gasteiger partial charge in [0.2, 0.25) is 5.91 Å². The summed E-state index contributed by atoms with van der Waals surface area (Å²) in [7, 11) is 0. The standard InChI is InChI=1S/C17H16N4O5/c1-10(22)20-14-8-12(6-7-18-14)17(26)21-13-4-2-11(3-5-13)16(25)19-9-15(23)24/h2-8H,9H2,1H3,(H,19,25)(H,21,26)(H,23,24)(H,18,20,22). The van der Waals surface area contributed by atoms with Crippen LogP contribution in [0, 0.1) is 0 Å². The number of amides is 3. The average molecular weight is 356 g/mol. The highest BCUT2D eigenvalue weighted by Gasteiger charge is 2.10. The predicted octanol–water partition coefficient (Wildman–Crippen LogP) is 1.11. The van der Waals surface area contributed by atoms with Gasteiger partial charge >= 0.3 is 5.97 Å². The lowest BCUT2D eigenvalue weighted by Gasteiger charge is -2.08. The fourth-order valence-electron chi connectivity index (χ4n) is 1.99. The number of aromatic nitrogens is 1. The highest BCUT2D eigenvalue weighted by Crippen LogP contribution is 2.13. The molecule has 134 valence electrons. The number of pyridine rings is 1. The van der Waals surface area contributed by atoms with Crippen LogP contribution in [0.1, 0.15) is 27.6 Å². The molecule has 0 saturated carbocycles. The zero-order chi connectivity index (χ0) is 19.1. The van der Waals surface area contributed by atoms with Crippen LogP contribution in [0.3, 0.4) is 0 Å². The summed E-state index contributed by atoms with van der Waals surface area (Å²) in [4.78, 5) is 49.4. The van der Waals surface area contributed by atoms with E-state index in [9.17, 15) is 19.2 Å². The molecule has 3 amide bonds. The van der Waals surface area contributed by atoms with Crippen molar-refractivity contribution in [2.45, 2.75) is 6.92 Å². The molecule has 0 aliphatic rings. The third-order valence-electron chi connectivity index (χ3n) is 3.13. The summed E-state index contributed by atoms with van der Waals surface area (Å²) >= 11 is 0. The van der Waals surface area contributed by atoms with Gasteiger partial charge in [0.15, 0.2) is 0 Å². The molecule has 0 saturated heterocycles. The van der Waals surface area contributed by atoms with Gasteiger partial charge in [-0.25, -0.2) is 4.98 Å². The van der Waals surface area contributed by atoms with Gasteiger partial charge in [-0.2, -0.15) is 0 Å². The van der Waals surface area contributed by atoms with Gasteiger partial charge in [-0.3, -0.25) is 19.2 Å². The molecular formula is C17H16N4O5. The molecule has 9 heteroatoms. The molecule has 0 aliphatic heterocycles. The number of anilines is 2. The maximum atomic E-state index is 12.3. The molecule has 0 spiro atoms. The Balaban J connectivity index is 2.02. The van der Waals surface area contributed by atoms with Crippen LogP contribution in [0.4, 0.5) is 11.5 Å². The van der Waals surface area contributed by atoms with E-state index in [1.807, 2.05) is 0 Å². The first kappa shape index (κ1) is 18.6. The van der Waals surface area contributed by atoms with Gasteiger partial charge in [-0.15, -0.1) is 0 Å². The van der Waals surface area contributed by atoms with E-state index in [2.05, 4.69) is 20.9 Å². The molecule has 2 aromatic rings. The van der Waals surface area contributed by atoms with E-state index in [0.29, 0.717) is 11.3 Å². The third-order valence-corrected chi connectivity index (χ3v) is 3.13. The molecule has 4 N–H and O–H groups in total. The second-order valence-corrected chi connectivity index (χ2v) is 5.22. The van der Waals surface area contributed by atoms with E-state index >= 15 is 0 Å². The Labute approximate surface area is 148 Å². The van der Waals surface area contributed by atoms with Gasteiger partial charge in [-0.1, -0.05) is 0 Å².